The Bertz CT molecular complexity index is 1150. The summed E-state index contributed by atoms with van der Waals surface area (Å²) in [6.45, 7) is 0.0394. The molecule has 2 aromatic carbocycles. The van der Waals surface area contributed by atoms with Gasteiger partial charge in [-0.15, -0.1) is 13.2 Å². The predicted molar refractivity (Wildman–Crippen MR) is 108 cm³/mol. The zero-order chi connectivity index (χ0) is 22.2. The van der Waals surface area contributed by atoms with E-state index in [-0.39, 0.29) is 18.8 Å². The Hall–Kier alpha value is -3.82. The molecule has 0 atom stereocenters. The molecule has 1 aliphatic rings. The molecule has 160 valence electrons. The molecule has 10 heteroatoms. The molecular formula is C21H17F3N4O3. The average Bonchev–Trinajstić information content (AvgIpc) is 3.00. The molecule has 0 saturated carbocycles. The van der Waals surface area contributed by atoms with E-state index < -0.39 is 24.1 Å². The van der Waals surface area contributed by atoms with Gasteiger partial charge in [0, 0.05) is 30.9 Å². The summed E-state index contributed by atoms with van der Waals surface area (Å²) in [5.41, 5.74) is 2.63. The minimum absolute atomic E-state index is 0.144. The number of anilines is 2. The summed E-state index contributed by atoms with van der Waals surface area (Å²) >= 11 is 0. The van der Waals surface area contributed by atoms with Gasteiger partial charge in [-0.3, -0.25) is 9.78 Å². The molecular weight excluding hydrogens is 413 g/mol. The summed E-state index contributed by atoms with van der Waals surface area (Å²) in [6, 6.07) is 11.5. The van der Waals surface area contributed by atoms with E-state index in [1.165, 1.54) is 17.0 Å². The second-order valence-electron chi connectivity index (χ2n) is 6.86. The van der Waals surface area contributed by atoms with Crippen LogP contribution in [0.1, 0.15) is 5.56 Å². The zero-order valence-corrected chi connectivity index (χ0v) is 16.3. The Labute approximate surface area is 175 Å². The number of hydrogen-bond acceptors (Lipinski definition) is 5. The van der Waals surface area contributed by atoms with Gasteiger partial charge in [0.25, 0.3) is 5.91 Å². The summed E-state index contributed by atoms with van der Waals surface area (Å²) in [7, 11) is 1.79. The number of rotatable bonds is 5. The van der Waals surface area contributed by atoms with Crippen LogP contribution in [0.2, 0.25) is 0 Å². The number of carbonyl (C=O) groups excluding carboxylic acids is 2. The van der Waals surface area contributed by atoms with Crippen molar-refractivity contribution >= 4 is 34.2 Å². The van der Waals surface area contributed by atoms with Crippen LogP contribution in [0.4, 0.5) is 29.3 Å². The molecule has 1 aromatic heterocycles. The number of carbonyl (C=O) groups is 2. The summed E-state index contributed by atoms with van der Waals surface area (Å²) in [6.07, 6.45) is -3.19. The van der Waals surface area contributed by atoms with Crippen LogP contribution in [-0.4, -0.2) is 41.8 Å². The second-order valence-corrected chi connectivity index (χ2v) is 6.86. The van der Waals surface area contributed by atoms with Crippen molar-refractivity contribution < 1.29 is 27.5 Å². The van der Waals surface area contributed by atoms with E-state index in [1.807, 2.05) is 18.2 Å². The lowest BCUT2D eigenvalue weighted by Crippen LogP contribution is -2.32. The normalized spacial score (nSPS) is 14.5. The van der Waals surface area contributed by atoms with Crippen molar-refractivity contribution in [2.75, 3.05) is 23.8 Å². The number of alkyl halides is 3. The van der Waals surface area contributed by atoms with Crippen molar-refractivity contribution in [3.05, 3.63) is 60.3 Å². The Morgan fingerprint density at radius 1 is 1.10 bits per heavy atom. The lowest BCUT2D eigenvalue weighted by atomic mass is 10.1. The van der Waals surface area contributed by atoms with Crippen molar-refractivity contribution in [3.8, 4) is 5.75 Å². The van der Waals surface area contributed by atoms with Crippen LogP contribution in [0.25, 0.3) is 10.9 Å². The van der Waals surface area contributed by atoms with E-state index in [0.29, 0.717) is 0 Å². The summed E-state index contributed by atoms with van der Waals surface area (Å²) < 4.78 is 40.8. The maximum atomic E-state index is 12.9. The molecule has 4 rings (SSSR count). The fourth-order valence-electron chi connectivity index (χ4n) is 3.43. The first kappa shape index (κ1) is 20.5. The maximum absolute atomic E-state index is 12.9. The van der Waals surface area contributed by atoms with Gasteiger partial charge in [-0.1, -0.05) is 0 Å². The highest BCUT2D eigenvalue weighted by atomic mass is 19.4. The number of urea groups is 1. The number of benzene rings is 2. The highest BCUT2D eigenvalue weighted by Crippen LogP contribution is 2.29. The largest absolute Gasteiger partial charge is 0.573 e. The van der Waals surface area contributed by atoms with E-state index in [0.717, 1.165) is 39.2 Å². The third kappa shape index (κ3) is 4.23. The fraction of sp³-hybridized carbons (Fsp3) is 0.190. The van der Waals surface area contributed by atoms with Gasteiger partial charge in [0.2, 0.25) is 0 Å². The molecule has 0 radical (unpaired) electrons. The van der Waals surface area contributed by atoms with Gasteiger partial charge in [0.05, 0.1) is 11.2 Å². The molecule has 1 aliphatic heterocycles. The minimum atomic E-state index is -4.82. The van der Waals surface area contributed by atoms with E-state index >= 15 is 0 Å². The van der Waals surface area contributed by atoms with Crippen molar-refractivity contribution in [1.82, 2.24) is 9.88 Å². The van der Waals surface area contributed by atoms with Gasteiger partial charge in [0.15, 0.2) is 0 Å². The van der Waals surface area contributed by atoms with E-state index in [9.17, 15) is 22.8 Å². The van der Waals surface area contributed by atoms with Crippen LogP contribution < -0.4 is 15.0 Å². The van der Waals surface area contributed by atoms with Gasteiger partial charge >= 0.3 is 12.4 Å². The number of nitrogens with zero attached hydrogens (tertiary/aromatic N) is 3. The molecule has 0 aliphatic carbocycles. The molecule has 3 amide bonds. The summed E-state index contributed by atoms with van der Waals surface area (Å²) in [5.74, 6) is -0.903. The van der Waals surface area contributed by atoms with Crippen molar-refractivity contribution in [1.29, 1.82) is 0 Å². The van der Waals surface area contributed by atoms with Crippen LogP contribution in [0.5, 0.6) is 5.75 Å². The molecule has 2 heterocycles. The predicted octanol–water partition coefficient (Wildman–Crippen LogP) is 4.14. The van der Waals surface area contributed by atoms with E-state index in [2.05, 4.69) is 15.0 Å². The molecule has 31 heavy (non-hydrogen) atoms. The average molecular weight is 430 g/mol. The number of aromatic nitrogens is 1. The topological polar surface area (TPSA) is 74.8 Å². The number of nitrogens with one attached hydrogen (secondary N) is 1. The molecule has 0 unspecified atom stereocenters. The number of halogens is 3. The van der Waals surface area contributed by atoms with Gasteiger partial charge in [-0.25, -0.2) is 9.69 Å². The molecule has 7 nitrogen and oxygen atoms in total. The number of imide groups is 1. The Morgan fingerprint density at radius 2 is 1.84 bits per heavy atom. The zero-order valence-electron chi connectivity index (χ0n) is 16.3. The lowest BCUT2D eigenvalue weighted by molar-refractivity contribution is -0.274. The molecule has 0 bridgehead atoms. The standard InChI is InChI=1S/C21H17F3N4O3/c1-25-14-2-7-18-17(10-14)13(8-9-26-18)11-27-12-19(29)28(20(27)30)15-3-5-16(6-4-15)31-21(22,23)24/h2-10,25H,11-12H2,1H3. The Morgan fingerprint density at radius 3 is 2.52 bits per heavy atom. The molecule has 1 fully saturated rings. The highest BCUT2D eigenvalue weighted by molar-refractivity contribution is 6.19. The Kier molecular flexibility index (Phi) is 5.14. The van der Waals surface area contributed by atoms with Gasteiger partial charge < -0.3 is 15.0 Å². The monoisotopic (exact) mass is 430 g/mol. The molecule has 1 N–H and O–H groups in total. The number of amides is 3. The fourth-order valence-corrected chi connectivity index (χ4v) is 3.43. The summed E-state index contributed by atoms with van der Waals surface area (Å²) in [5, 5.41) is 3.90. The number of ether oxygens (including phenoxy) is 1. The Balaban J connectivity index is 1.56. The number of hydrogen-bond donors (Lipinski definition) is 1. The third-order valence-corrected chi connectivity index (χ3v) is 4.85. The van der Waals surface area contributed by atoms with Gasteiger partial charge in [-0.05, 0) is 54.1 Å². The number of fused-ring (bicyclic) bond motifs is 1. The summed E-state index contributed by atoms with van der Waals surface area (Å²) in [4.78, 5) is 32.0. The van der Waals surface area contributed by atoms with Crippen LogP contribution in [-0.2, 0) is 11.3 Å². The van der Waals surface area contributed by atoms with Crippen molar-refractivity contribution in [3.63, 3.8) is 0 Å². The van der Waals surface area contributed by atoms with E-state index in [4.69, 9.17) is 0 Å². The van der Waals surface area contributed by atoms with Gasteiger partial charge in [0.1, 0.15) is 12.3 Å². The van der Waals surface area contributed by atoms with Crippen molar-refractivity contribution in [2.24, 2.45) is 0 Å². The second kappa shape index (κ2) is 7.78. The first-order chi connectivity index (χ1) is 14.7. The quantitative estimate of drug-likeness (QED) is 0.616. The van der Waals surface area contributed by atoms with Crippen LogP contribution in [0.3, 0.4) is 0 Å². The van der Waals surface area contributed by atoms with Crippen molar-refractivity contribution in [2.45, 2.75) is 12.9 Å². The van der Waals surface area contributed by atoms with Gasteiger partial charge in [-0.2, -0.15) is 0 Å². The lowest BCUT2D eigenvalue weighted by Gasteiger charge is -2.18. The molecule has 0 spiro atoms. The first-order valence-electron chi connectivity index (χ1n) is 9.28. The first-order valence-corrected chi connectivity index (χ1v) is 9.28. The third-order valence-electron chi connectivity index (χ3n) is 4.85. The minimum Gasteiger partial charge on any atom is -0.406 e. The SMILES string of the molecule is CNc1ccc2nccc(CN3CC(=O)N(c4ccc(OC(F)(F)F)cc4)C3=O)c2c1. The van der Waals surface area contributed by atoms with Crippen LogP contribution >= 0.6 is 0 Å². The van der Waals surface area contributed by atoms with E-state index in [1.54, 1.807) is 19.3 Å². The van der Waals surface area contributed by atoms with Crippen LogP contribution in [0, 0.1) is 0 Å². The molecule has 1 saturated heterocycles. The molecule has 3 aromatic rings. The highest BCUT2D eigenvalue weighted by Gasteiger charge is 2.37. The number of pyridine rings is 1. The van der Waals surface area contributed by atoms with Crippen LogP contribution in [0.15, 0.2) is 54.7 Å². The maximum Gasteiger partial charge on any atom is 0.573 e. The smallest absolute Gasteiger partial charge is 0.406 e.